The van der Waals surface area contributed by atoms with E-state index in [0.717, 1.165) is 16.8 Å². The van der Waals surface area contributed by atoms with Crippen LogP contribution in [-0.4, -0.2) is 56.9 Å². The highest BCUT2D eigenvalue weighted by atomic mass is 35.5. The molecule has 3 heterocycles. The Balaban J connectivity index is 1.39. The van der Waals surface area contributed by atoms with Crippen LogP contribution in [-0.2, 0) is 21.5 Å². The number of anilines is 1. The highest BCUT2D eigenvalue weighted by Crippen LogP contribution is 2.48. The molecule has 41 heavy (non-hydrogen) atoms. The van der Waals surface area contributed by atoms with Crippen LogP contribution in [0.25, 0.3) is 5.69 Å². The minimum atomic E-state index is -1.20. The van der Waals surface area contributed by atoms with Gasteiger partial charge in [0.2, 0.25) is 11.8 Å². The van der Waals surface area contributed by atoms with Crippen molar-refractivity contribution in [3.8, 4) is 5.69 Å². The highest BCUT2D eigenvalue weighted by Gasteiger charge is 2.61. The molecule has 208 valence electrons. The fourth-order valence-electron chi connectivity index (χ4n) is 6.09. The average molecular weight is 568 g/mol. The summed E-state index contributed by atoms with van der Waals surface area (Å²) in [7, 11) is 0. The number of amides is 3. The molecule has 1 N–H and O–H groups in total. The monoisotopic (exact) mass is 567 g/mol. The first-order valence-corrected chi connectivity index (χ1v) is 14.0. The van der Waals surface area contributed by atoms with E-state index in [4.69, 9.17) is 11.6 Å². The number of nitrogens with one attached hydrogen (secondary N) is 1. The number of halogens is 1. The summed E-state index contributed by atoms with van der Waals surface area (Å²) >= 11 is 6.07. The van der Waals surface area contributed by atoms with Crippen LogP contribution in [0.3, 0.4) is 0 Å². The number of para-hydroxylation sites is 2. The lowest BCUT2D eigenvalue weighted by atomic mass is 9.72. The molecule has 1 fully saturated rings. The minimum absolute atomic E-state index is 0.0859. The van der Waals surface area contributed by atoms with Crippen molar-refractivity contribution in [2.24, 2.45) is 5.92 Å². The fourth-order valence-corrected chi connectivity index (χ4v) is 6.22. The SMILES string of the molecule is CCN(Cc1ccc(Cl)cc1)C(=O)C1CN(C(=O)c2cc(C)nn2-c2ccccc2)CC12C(=O)Nc1ccccc12. The third-order valence-electron chi connectivity index (χ3n) is 8.12. The topological polar surface area (TPSA) is 87.5 Å². The number of carbonyl (C=O) groups excluding carboxylic acids is 3. The van der Waals surface area contributed by atoms with E-state index in [1.165, 1.54) is 0 Å². The quantitative estimate of drug-likeness (QED) is 0.361. The van der Waals surface area contributed by atoms with Gasteiger partial charge in [0.05, 0.1) is 17.3 Å². The van der Waals surface area contributed by atoms with E-state index in [1.807, 2.05) is 80.6 Å². The molecule has 2 aliphatic heterocycles. The van der Waals surface area contributed by atoms with Crippen molar-refractivity contribution in [2.45, 2.75) is 25.8 Å². The van der Waals surface area contributed by atoms with Crippen LogP contribution >= 0.6 is 11.6 Å². The number of nitrogens with zero attached hydrogens (tertiary/aromatic N) is 4. The van der Waals surface area contributed by atoms with Gasteiger partial charge in [-0.2, -0.15) is 5.10 Å². The van der Waals surface area contributed by atoms with Crippen molar-refractivity contribution in [1.29, 1.82) is 0 Å². The van der Waals surface area contributed by atoms with Gasteiger partial charge >= 0.3 is 0 Å². The number of carbonyl (C=O) groups is 3. The molecule has 2 unspecified atom stereocenters. The maximum absolute atomic E-state index is 14.3. The number of rotatable bonds is 6. The van der Waals surface area contributed by atoms with Crippen LogP contribution in [0.4, 0.5) is 5.69 Å². The van der Waals surface area contributed by atoms with Crippen molar-refractivity contribution in [3.05, 3.63) is 112 Å². The van der Waals surface area contributed by atoms with Gasteiger partial charge in [0, 0.05) is 36.9 Å². The molecular formula is C32H30ClN5O3. The van der Waals surface area contributed by atoms with Crippen LogP contribution in [0.15, 0.2) is 84.9 Å². The Bertz CT molecular complexity index is 1630. The van der Waals surface area contributed by atoms with E-state index >= 15 is 0 Å². The summed E-state index contributed by atoms with van der Waals surface area (Å²) in [4.78, 5) is 45.7. The molecule has 8 nitrogen and oxygen atoms in total. The average Bonchev–Trinajstić information content (AvgIpc) is 3.67. The molecule has 9 heteroatoms. The maximum atomic E-state index is 14.3. The Morgan fingerprint density at radius 3 is 2.49 bits per heavy atom. The number of likely N-dealkylation sites (tertiary alicyclic amines) is 1. The number of aromatic nitrogens is 2. The number of hydrogen-bond donors (Lipinski definition) is 1. The Labute approximate surface area is 243 Å². The molecule has 2 atom stereocenters. The van der Waals surface area contributed by atoms with Crippen molar-refractivity contribution >= 4 is 35.0 Å². The summed E-state index contributed by atoms with van der Waals surface area (Å²) in [5.41, 5.74) is 2.99. The summed E-state index contributed by atoms with van der Waals surface area (Å²) in [5.74, 6) is -1.47. The summed E-state index contributed by atoms with van der Waals surface area (Å²) < 4.78 is 1.63. The van der Waals surface area contributed by atoms with Crippen molar-refractivity contribution in [1.82, 2.24) is 19.6 Å². The van der Waals surface area contributed by atoms with Crippen molar-refractivity contribution < 1.29 is 14.4 Å². The first-order chi connectivity index (χ1) is 19.8. The lowest BCUT2D eigenvalue weighted by Gasteiger charge is -2.32. The van der Waals surface area contributed by atoms with Crippen molar-refractivity contribution in [2.75, 3.05) is 25.0 Å². The molecule has 6 rings (SSSR count). The van der Waals surface area contributed by atoms with Crippen LogP contribution in [0, 0.1) is 12.8 Å². The van der Waals surface area contributed by atoms with Crippen LogP contribution in [0.2, 0.25) is 5.02 Å². The highest BCUT2D eigenvalue weighted by molar-refractivity contribution is 6.30. The second kappa shape index (κ2) is 10.5. The minimum Gasteiger partial charge on any atom is -0.338 e. The normalized spacial score (nSPS) is 19.3. The Hall–Kier alpha value is -4.43. The van der Waals surface area contributed by atoms with E-state index < -0.39 is 11.3 Å². The number of hydrogen-bond acceptors (Lipinski definition) is 4. The standard InChI is InChI=1S/C32H30ClN5O3/c1-3-36(18-22-13-15-23(33)16-14-22)29(39)26-19-37(20-32(26)25-11-7-8-12-27(25)34-31(32)41)30(40)28-17-21(2)35-38(28)24-9-5-4-6-10-24/h4-17,26H,3,18-20H2,1-2H3,(H,34,41). The lowest BCUT2D eigenvalue weighted by Crippen LogP contribution is -2.49. The molecule has 1 saturated heterocycles. The van der Waals surface area contributed by atoms with E-state index in [2.05, 4.69) is 10.4 Å². The summed E-state index contributed by atoms with van der Waals surface area (Å²) in [6.07, 6.45) is 0. The molecule has 4 aromatic rings. The molecular weight excluding hydrogens is 538 g/mol. The third-order valence-corrected chi connectivity index (χ3v) is 8.37. The van der Waals surface area contributed by atoms with E-state index in [-0.39, 0.29) is 30.8 Å². The maximum Gasteiger partial charge on any atom is 0.272 e. The zero-order chi connectivity index (χ0) is 28.7. The second-order valence-corrected chi connectivity index (χ2v) is 11.0. The van der Waals surface area contributed by atoms with Crippen LogP contribution < -0.4 is 5.32 Å². The Morgan fingerprint density at radius 2 is 1.76 bits per heavy atom. The predicted molar refractivity (Wildman–Crippen MR) is 157 cm³/mol. The predicted octanol–water partition coefficient (Wildman–Crippen LogP) is 4.84. The van der Waals surface area contributed by atoms with Gasteiger partial charge in [-0.05, 0) is 61.4 Å². The van der Waals surface area contributed by atoms with E-state index in [1.54, 1.807) is 32.7 Å². The van der Waals surface area contributed by atoms with E-state index in [9.17, 15) is 14.4 Å². The number of aryl methyl sites for hydroxylation is 1. The van der Waals surface area contributed by atoms with Gasteiger partial charge in [-0.1, -0.05) is 60.1 Å². The molecule has 0 aliphatic carbocycles. The molecule has 3 amide bonds. The van der Waals surface area contributed by atoms with Gasteiger partial charge in [0.1, 0.15) is 11.1 Å². The summed E-state index contributed by atoms with van der Waals surface area (Å²) in [5, 5.41) is 8.18. The van der Waals surface area contributed by atoms with Crippen molar-refractivity contribution in [3.63, 3.8) is 0 Å². The summed E-state index contributed by atoms with van der Waals surface area (Å²) in [6.45, 7) is 4.77. The second-order valence-electron chi connectivity index (χ2n) is 10.6. The molecule has 3 aromatic carbocycles. The van der Waals surface area contributed by atoms with Gasteiger partial charge in [-0.15, -0.1) is 0 Å². The smallest absolute Gasteiger partial charge is 0.272 e. The third kappa shape index (κ3) is 4.58. The molecule has 1 spiro atoms. The molecule has 0 radical (unpaired) electrons. The zero-order valence-electron chi connectivity index (χ0n) is 22.9. The van der Waals surface area contributed by atoms with Gasteiger partial charge in [-0.3, -0.25) is 14.4 Å². The van der Waals surface area contributed by atoms with Gasteiger partial charge in [0.25, 0.3) is 5.91 Å². The molecule has 2 aliphatic rings. The first kappa shape index (κ1) is 26.8. The van der Waals surface area contributed by atoms with E-state index in [0.29, 0.717) is 35.2 Å². The Morgan fingerprint density at radius 1 is 1.05 bits per heavy atom. The van der Waals surface area contributed by atoms with Gasteiger partial charge in [0.15, 0.2) is 0 Å². The van der Waals surface area contributed by atoms with Crippen LogP contribution in [0.5, 0.6) is 0 Å². The Kier molecular flexibility index (Phi) is 6.87. The molecule has 1 aromatic heterocycles. The largest absolute Gasteiger partial charge is 0.338 e. The molecule has 0 bridgehead atoms. The molecule has 0 saturated carbocycles. The number of fused-ring (bicyclic) bond motifs is 2. The lowest BCUT2D eigenvalue weighted by molar-refractivity contribution is -0.140. The van der Waals surface area contributed by atoms with Crippen LogP contribution in [0.1, 0.15) is 34.2 Å². The van der Waals surface area contributed by atoms with Gasteiger partial charge in [-0.25, -0.2) is 4.68 Å². The van der Waals surface area contributed by atoms with Gasteiger partial charge < -0.3 is 15.1 Å². The summed E-state index contributed by atoms with van der Waals surface area (Å²) in [6, 6.07) is 26.0. The zero-order valence-corrected chi connectivity index (χ0v) is 23.6. The number of benzene rings is 3. The fraction of sp³-hybridized carbons (Fsp3) is 0.250. The first-order valence-electron chi connectivity index (χ1n) is 13.7.